The minimum absolute atomic E-state index is 0. The minimum atomic E-state index is -2.05. The number of carbonyl (C=O) groups excluding carboxylic acids is 1. The normalized spacial score (nSPS) is 10.7. The van der Waals surface area contributed by atoms with E-state index in [1.165, 1.54) is 21.2 Å². The van der Waals surface area contributed by atoms with Gasteiger partial charge in [-0.15, -0.1) is 0 Å². The first-order valence-electron chi connectivity index (χ1n) is 8.97. The zero-order chi connectivity index (χ0) is 18.5. The summed E-state index contributed by atoms with van der Waals surface area (Å²) in [5.74, 6) is 0. The number of hydrogen-bond acceptors (Lipinski definition) is 1. The Hall–Kier alpha value is -2.54. The van der Waals surface area contributed by atoms with Gasteiger partial charge in [0.2, 0.25) is 0 Å². The molecule has 0 fully saturated rings. The Morgan fingerprint density at radius 2 is 0.786 bits per heavy atom. The third-order valence-electron chi connectivity index (χ3n) is 4.85. The lowest BCUT2D eigenvalue weighted by Crippen LogP contribution is -3.00. The summed E-state index contributed by atoms with van der Waals surface area (Å²) in [4.78, 5) is 11.2. The number of hydrogen-bond donors (Lipinski definition) is 0. The summed E-state index contributed by atoms with van der Waals surface area (Å²) in [7, 11) is -2.05. The summed E-state index contributed by atoms with van der Waals surface area (Å²) in [6.07, 6.45) is 0.900. The van der Waals surface area contributed by atoms with Gasteiger partial charge < -0.3 is 17.0 Å². The zero-order valence-corrected chi connectivity index (χ0v) is 17.8. The molecule has 0 heterocycles. The van der Waals surface area contributed by atoms with Crippen molar-refractivity contribution in [2.24, 2.45) is 0 Å². The van der Waals surface area contributed by atoms with Crippen LogP contribution in [0.5, 0.6) is 0 Å². The van der Waals surface area contributed by atoms with Crippen molar-refractivity contribution in [3.05, 3.63) is 121 Å². The molecule has 0 bridgehead atoms. The largest absolute Gasteiger partial charge is 1.00 e. The SMILES string of the molecule is O=Cc1ccc([P+](c2ccccc2)(c2ccccc2)c2ccccc2)cc1.[Br-]. The van der Waals surface area contributed by atoms with Crippen LogP contribution >= 0.6 is 7.26 Å². The third-order valence-corrected chi connectivity index (χ3v) is 9.14. The molecule has 0 amide bonds. The molecule has 0 aromatic heterocycles. The average molecular weight is 447 g/mol. The molecule has 0 aliphatic rings. The molecule has 0 saturated heterocycles. The molecular weight excluding hydrogens is 427 g/mol. The maximum Gasteiger partial charge on any atom is 0.150 e. The molecule has 4 aromatic rings. The van der Waals surface area contributed by atoms with Crippen LogP contribution in [0.1, 0.15) is 10.4 Å². The fourth-order valence-electron chi connectivity index (χ4n) is 3.63. The highest BCUT2D eigenvalue weighted by Gasteiger charge is 2.47. The van der Waals surface area contributed by atoms with Crippen molar-refractivity contribution in [3.63, 3.8) is 0 Å². The Morgan fingerprint density at radius 1 is 0.464 bits per heavy atom. The number of rotatable bonds is 5. The van der Waals surface area contributed by atoms with E-state index >= 15 is 0 Å². The Morgan fingerprint density at radius 3 is 1.11 bits per heavy atom. The topological polar surface area (TPSA) is 17.1 Å². The second-order valence-corrected chi connectivity index (χ2v) is 9.79. The molecule has 0 unspecified atom stereocenters. The van der Waals surface area contributed by atoms with Gasteiger partial charge in [-0.2, -0.15) is 0 Å². The second kappa shape index (κ2) is 9.10. The van der Waals surface area contributed by atoms with Gasteiger partial charge in [0, 0.05) is 5.56 Å². The molecule has 0 aliphatic heterocycles. The summed E-state index contributed by atoms with van der Waals surface area (Å²) in [6.45, 7) is 0. The van der Waals surface area contributed by atoms with Crippen molar-refractivity contribution in [1.29, 1.82) is 0 Å². The maximum atomic E-state index is 11.2. The first-order valence-corrected chi connectivity index (χ1v) is 10.8. The van der Waals surface area contributed by atoms with Crippen molar-refractivity contribution in [2.75, 3.05) is 0 Å². The molecule has 0 spiro atoms. The molecule has 0 saturated carbocycles. The highest BCUT2D eigenvalue weighted by atomic mass is 79.9. The van der Waals surface area contributed by atoms with E-state index in [9.17, 15) is 4.79 Å². The maximum absolute atomic E-state index is 11.2. The summed E-state index contributed by atoms with van der Waals surface area (Å²) in [6, 6.07) is 40.2. The van der Waals surface area contributed by atoms with E-state index in [0.717, 1.165) is 6.29 Å². The van der Waals surface area contributed by atoms with E-state index in [0.29, 0.717) is 5.56 Å². The van der Waals surface area contributed by atoms with Crippen LogP contribution in [0, 0.1) is 0 Å². The van der Waals surface area contributed by atoms with E-state index in [1.54, 1.807) is 0 Å². The quantitative estimate of drug-likeness (QED) is 0.331. The molecule has 138 valence electrons. The number of halogens is 1. The fourth-order valence-corrected chi connectivity index (χ4v) is 7.87. The molecule has 0 N–H and O–H groups in total. The summed E-state index contributed by atoms with van der Waals surface area (Å²) in [5, 5.41) is 5.17. The van der Waals surface area contributed by atoms with Crippen LogP contribution in [-0.4, -0.2) is 6.29 Å². The van der Waals surface area contributed by atoms with Crippen LogP contribution in [-0.2, 0) is 0 Å². The first kappa shape index (κ1) is 20.2. The van der Waals surface area contributed by atoms with Crippen LogP contribution in [0.25, 0.3) is 0 Å². The molecule has 4 rings (SSSR count). The van der Waals surface area contributed by atoms with Gasteiger partial charge in [-0.25, -0.2) is 0 Å². The molecule has 0 aliphatic carbocycles. The molecule has 0 atom stereocenters. The summed E-state index contributed by atoms with van der Waals surface area (Å²) in [5.41, 5.74) is 0.700. The molecule has 3 heteroatoms. The molecule has 28 heavy (non-hydrogen) atoms. The standard InChI is InChI=1S/C25H20OP.BrH/c26-20-21-16-18-25(19-17-21)27(22-10-4-1-5-11-22,23-12-6-2-7-13-23)24-14-8-3-9-15-24;/h1-20H;1H/q+1;/p-1. The number of aldehydes is 1. The van der Waals surface area contributed by atoms with Crippen molar-refractivity contribution in [2.45, 2.75) is 0 Å². The fraction of sp³-hybridized carbons (Fsp3) is 0. The summed E-state index contributed by atoms with van der Waals surface area (Å²) >= 11 is 0. The van der Waals surface area contributed by atoms with Gasteiger partial charge in [-0.3, -0.25) is 4.79 Å². The lowest BCUT2D eigenvalue weighted by atomic mass is 10.2. The Balaban J connectivity index is 0.00000225. The van der Waals surface area contributed by atoms with Crippen molar-refractivity contribution in [3.8, 4) is 0 Å². The van der Waals surface area contributed by atoms with E-state index in [1.807, 2.05) is 12.1 Å². The van der Waals surface area contributed by atoms with Gasteiger partial charge in [0.1, 0.15) is 34.8 Å². The predicted molar refractivity (Wildman–Crippen MR) is 117 cm³/mol. The Labute approximate surface area is 177 Å². The third kappa shape index (κ3) is 3.58. The van der Waals surface area contributed by atoms with Gasteiger partial charge in [0.25, 0.3) is 0 Å². The minimum Gasteiger partial charge on any atom is -1.00 e. The highest BCUT2D eigenvalue weighted by Crippen LogP contribution is 2.54. The summed E-state index contributed by atoms with van der Waals surface area (Å²) < 4.78 is 0. The molecule has 4 aromatic carbocycles. The van der Waals surface area contributed by atoms with Gasteiger partial charge in [0.15, 0.2) is 0 Å². The van der Waals surface area contributed by atoms with Gasteiger partial charge in [0.05, 0.1) is 0 Å². The molecule has 0 radical (unpaired) electrons. The molecular formula is C25H20BrOP. The van der Waals surface area contributed by atoms with Crippen LogP contribution in [0.2, 0.25) is 0 Å². The van der Waals surface area contributed by atoms with E-state index in [-0.39, 0.29) is 17.0 Å². The first-order chi connectivity index (χ1) is 13.4. The van der Waals surface area contributed by atoms with Crippen molar-refractivity contribution < 1.29 is 21.8 Å². The van der Waals surface area contributed by atoms with E-state index in [2.05, 4.69) is 103 Å². The van der Waals surface area contributed by atoms with Crippen LogP contribution in [0.4, 0.5) is 0 Å². The van der Waals surface area contributed by atoms with Gasteiger partial charge >= 0.3 is 0 Å². The van der Waals surface area contributed by atoms with Crippen LogP contribution in [0.3, 0.4) is 0 Å². The zero-order valence-electron chi connectivity index (χ0n) is 15.3. The van der Waals surface area contributed by atoms with E-state index in [4.69, 9.17) is 0 Å². The van der Waals surface area contributed by atoms with Crippen LogP contribution in [0.15, 0.2) is 115 Å². The smallest absolute Gasteiger partial charge is 0.150 e. The van der Waals surface area contributed by atoms with E-state index < -0.39 is 7.26 Å². The second-order valence-electron chi connectivity index (χ2n) is 6.39. The Bertz CT molecular complexity index is 920. The van der Waals surface area contributed by atoms with Crippen LogP contribution < -0.4 is 38.2 Å². The highest BCUT2D eigenvalue weighted by molar-refractivity contribution is 8.01. The Kier molecular flexibility index (Phi) is 6.57. The lowest BCUT2D eigenvalue weighted by molar-refractivity contribution is -0.0000115. The van der Waals surface area contributed by atoms with Gasteiger partial charge in [-0.1, -0.05) is 54.6 Å². The van der Waals surface area contributed by atoms with Gasteiger partial charge in [-0.05, 0) is 60.7 Å². The monoisotopic (exact) mass is 446 g/mol. The van der Waals surface area contributed by atoms with Crippen molar-refractivity contribution in [1.82, 2.24) is 0 Å². The van der Waals surface area contributed by atoms with Crippen molar-refractivity contribution >= 4 is 34.8 Å². The average Bonchev–Trinajstić information content (AvgIpc) is 2.77. The number of carbonyl (C=O) groups is 1. The predicted octanol–water partition coefficient (Wildman–Crippen LogP) is 1.12. The molecule has 1 nitrogen and oxygen atoms in total. The lowest BCUT2D eigenvalue weighted by Gasteiger charge is -2.27. The number of benzene rings is 4.